The van der Waals surface area contributed by atoms with Crippen LogP contribution in [-0.2, 0) is 0 Å². The van der Waals surface area contributed by atoms with Crippen LogP contribution < -0.4 is 5.43 Å². The first kappa shape index (κ1) is 9.26. The fourth-order valence-corrected chi connectivity index (χ4v) is 1.27. The van der Waals surface area contributed by atoms with E-state index in [1.807, 2.05) is 0 Å². The number of aromatic hydroxyl groups is 2. The molecule has 2 N–H and O–H groups in total. The monoisotopic (exact) mass is 206 g/mol. The maximum Gasteiger partial charge on any atom is 0.203 e. The Morgan fingerprint density at radius 2 is 2.00 bits per heavy atom. The van der Waals surface area contributed by atoms with Crippen molar-refractivity contribution in [3.05, 3.63) is 34.2 Å². The van der Waals surface area contributed by atoms with Gasteiger partial charge in [0.25, 0.3) is 0 Å². The van der Waals surface area contributed by atoms with E-state index in [2.05, 4.69) is 0 Å². The average Bonchev–Trinajstić information content (AvgIpc) is 2.24. The largest absolute Gasteiger partial charge is 0.504 e. The molecule has 0 atom stereocenters. The highest BCUT2D eigenvalue weighted by molar-refractivity contribution is 5.88. The van der Waals surface area contributed by atoms with Crippen LogP contribution in [0.25, 0.3) is 11.0 Å². The smallest absolute Gasteiger partial charge is 0.203 e. The molecule has 0 aliphatic rings. The second-order valence-corrected chi connectivity index (χ2v) is 2.95. The first-order chi connectivity index (χ1) is 7.15. The molecule has 0 saturated carbocycles. The maximum atomic E-state index is 11.5. The quantitative estimate of drug-likeness (QED) is 0.537. The number of phenolic OH excluding ortho intramolecular Hbond substituents is 2. The molecule has 0 saturated heterocycles. The second-order valence-electron chi connectivity index (χ2n) is 2.95. The lowest BCUT2D eigenvalue weighted by Gasteiger charge is -2.01. The van der Waals surface area contributed by atoms with E-state index in [0.29, 0.717) is 6.29 Å². The van der Waals surface area contributed by atoms with E-state index < -0.39 is 11.2 Å². The van der Waals surface area contributed by atoms with Crippen molar-refractivity contribution in [2.45, 2.75) is 0 Å². The molecule has 0 fully saturated rings. The number of rotatable bonds is 1. The molecule has 2 rings (SSSR count). The molecule has 0 spiro atoms. The fraction of sp³-hybridized carbons (Fsp3) is 0. The lowest BCUT2D eigenvalue weighted by molar-refractivity contribution is 0.112. The normalized spacial score (nSPS) is 10.4. The Kier molecular flexibility index (Phi) is 1.93. The molecule has 76 valence electrons. The van der Waals surface area contributed by atoms with Crippen molar-refractivity contribution < 1.29 is 19.4 Å². The van der Waals surface area contributed by atoms with E-state index in [9.17, 15) is 14.7 Å². The van der Waals surface area contributed by atoms with E-state index in [-0.39, 0.29) is 22.3 Å². The van der Waals surface area contributed by atoms with Crippen molar-refractivity contribution in [3.8, 4) is 11.5 Å². The molecule has 2 aromatic rings. The summed E-state index contributed by atoms with van der Waals surface area (Å²) >= 11 is 0. The van der Waals surface area contributed by atoms with Crippen molar-refractivity contribution in [2.75, 3.05) is 0 Å². The molecule has 0 aliphatic carbocycles. The van der Waals surface area contributed by atoms with Crippen LogP contribution in [-0.4, -0.2) is 16.5 Å². The number of aldehydes is 1. The van der Waals surface area contributed by atoms with Crippen LogP contribution in [0.3, 0.4) is 0 Å². The lowest BCUT2D eigenvalue weighted by atomic mass is 10.1. The van der Waals surface area contributed by atoms with E-state index >= 15 is 0 Å². The van der Waals surface area contributed by atoms with Crippen LogP contribution in [0.15, 0.2) is 27.6 Å². The number of benzene rings is 1. The average molecular weight is 206 g/mol. The van der Waals surface area contributed by atoms with E-state index in [1.54, 1.807) is 0 Å². The predicted octanol–water partition coefficient (Wildman–Crippen LogP) is 1.02. The Hall–Kier alpha value is -2.30. The molecule has 5 heteroatoms. The molecule has 0 unspecified atom stereocenters. The van der Waals surface area contributed by atoms with E-state index in [4.69, 9.17) is 9.52 Å². The standard InChI is InChI=1S/C10H6O5/c11-3-5-4-15-10-6(8(5)13)1-2-7(12)9(10)14/h1-4,12,14H. The van der Waals surface area contributed by atoms with Gasteiger partial charge in [-0.15, -0.1) is 0 Å². The lowest BCUT2D eigenvalue weighted by Crippen LogP contribution is -2.07. The van der Waals surface area contributed by atoms with Crippen LogP contribution in [0.1, 0.15) is 10.4 Å². The third kappa shape index (κ3) is 1.25. The molecule has 15 heavy (non-hydrogen) atoms. The minimum atomic E-state index is -0.540. The number of carbonyl (C=O) groups excluding carboxylic acids is 1. The first-order valence-electron chi connectivity index (χ1n) is 4.06. The van der Waals surface area contributed by atoms with Crippen LogP contribution >= 0.6 is 0 Å². The van der Waals surface area contributed by atoms with Crippen LogP contribution in [0.4, 0.5) is 0 Å². The molecule has 0 aliphatic heterocycles. The molecule has 1 aromatic heterocycles. The highest BCUT2D eigenvalue weighted by atomic mass is 16.4. The van der Waals surface area contributed by atoms with Gasteiger partial charge in [0.2, 0.25) is 11.2 Å². The van der Waals surface area contributed by atoms with Crippen LogP contribution in [0.5, 0.6) is 11.5 Å². The van der Waals surface area contributed by atoms with Gasteiger partial charge in [-0.25, -0.2) is 0 Å². The number of hydrogen-bond donors (Lipinski definition) is 2. The zero-order chi connectivity index (χ0) is 11.0. The van der Waals surface area contributed by atoms with Crippen LogP contribution in [0.2, 0.25) is 0 Å². The summed E-state index contributed by atoms with van der Waals surface area (Å²) in [6.07, 6.45) is 1.31. The molecule has 0 radical (unpaired) electrons. The van der Waals surface area contributed by atoms with Gasteiger partial charge in [-0.1, -0.05) is 0 Å². The summed E-state index contributed by atoms with van der Waals surface area (Å²) in [7, 11) is 0. The molecule has 1 aromatic carbocycles. The second kappa shape index (κ2) is 3.13. The number of phenols is 2. The molecule has 0 bridgehead atoms. The highest BCUT2D eigenvalue weighted by Crippen LogP contribution is 2.31. The topological polar surface area (TPSA) is 87.7 Å². The zero-order valence-electron chi connectivity index (χ0n) is 7.43. The molecule has 0 amide bonds. The number of fused-ring (bicyclic) bond motifs is 1. The van der Waals surface area contributed by atoms with Gasteiger partial charge in [0.15, 0.2) is 17.6 Å². The Labute approximate surface area is 83.2 Å². The summed E-state index contributed by atoms with van der Waals surface area (Å²) in [6.45, 7) is 0. The Morgan fingerprint density at radius 3 is 2.67 bits per heavy atom. The van der Waals surface area contributed by atoms with Gasteiger partial charge in [0, 0.05) is 0 Å². The molecule has 5 nitrogen and oxygen atoms in total. The van der Waals surface area contributed by atoms with Crippen molar-refractivity contribution >= 4 is 17.3 Å². The fourth-order valence-electron chi connectivity index (χ4n) is 1.27. The highest BCUT2D eigenvalue weighted by Gasteiger charge is 2.12. The summed E-state index contributed by atoms with van der Waals surface area (Å²) < 4.78 is 4.88. The Bertz CT molecular complexity index is 597. The van der Waals surface area contributed by atoms with Crippen molar-refractivity contribution in [1.82, 2.24) is 0 Å². The molecular formula is C10H6O5. The summed E-state index contributed by atoms with van der Waals surface area (Å²) in [4.78, 5) is 22.0. The third-order valence-electron chi connectivity index (χ3n) is 2.05. The maximum absolute atomic E-state index is 11.5. The summed E-state index contributed by atoms with van der Waals surface area (Å²) in [5.74, 6) is -0.897. The minimum absolute atomic E-state index is 0.0508. The van der Waals surface area contributed by atoms with Gasteiger partial charge in [-0.05, 0) is 12.1 Å². The first-order valence-corrected chi connectivity index (χ1v) is 4.06. The van der Waals surface area contributed by atoms with Crippen molar-refractivity contribution in [3.63, 3.8) is 0 Å². The SMILES string of the molecule is O=Cc1coc2c(O)c(O)ccc2c1=O. The van der Waals surface area contributed by atoms with Gasteiger partial charge >= 0.3 is 0 Å². The van der Waals surface area contributed by atoms with Gasteiger partial charge < -0.3 is 14.6 Å². The Balaban J connectivity index is 2.98. The van der Waals surface area contributed by atoms with E-state index in [0.717, 1.165) is 12.3 Å². The zero-order valence-corrected chi connectivity index (χ0v) is 7.43. The summed E-state index contributed by atoms with van der Waals surface area (Å²) in [5.41, 5.74) is -0.806. The van der Waals surface area contributed by atoms with Gasteiger partial charge in [0.05, 0.1) is 10.9 Å². The van der Waals surface area contributed by atoms with E-state index in [1.165, 1.54) is 6.07 Å². The van der Waals surface area contributed by atoms with Gasteiger partial charge in [0.1, 0.15) is 6.26 Å². The van der Waals surface area contributed by atoms with Crippen LogP contribution in [0, 0.1) is 0 Å². The van der Waals surface area contributed by atoms with Crippen molar-refractivity contribution in [1.29, 1.82) is 0 Å². The number of hydrogen-bond acceptors (Lipinski definition) is 5. The van der Waals surface area contributed by atoms with Gasteiger partial charge in [-0.3, -0.25) is 9.59 Å². The van der Waals surface area contributed by atoms with Gasteiger partial charge in [-0.2, -0.15) is 0 Å². The number of carbonyl (C=O) groups is 1. The third-order valence-corrected chi connectivity index (χ3v) is 2.05. The predicted molar refractivity (Wildman–Crippen MR) is 51.2 cm³/mol. The minimum Gasteiger partial charge on any atom is -0.504 e. The summed E-state index contributed by atoms with van der Waals surface area (Å²) in [6, 6.07) is 2.44. The summed E-state index contributed by atoms with van der Waals surface area (Å²) in [5, 5.41) is 18.6. The van der Waals surface area contributed by atoms with Crippen molar-refractivity contribution in [2.24, 2.45) is 0 Å². The Morgan fingerprint density at radius 1 is 1.27 bits per heavy atom. The molecular weight excluding hydrogens is 200 g/mol. The molecule has 1 heterocycles.